The second-order valence-electron chi connectivity index (χ2n) is 6.15. The van der Waals surface area contributed by atoms with Crippen LogP contribution in [-0.2, 0) is 9.84 Å². The zero-order valence-corrected chi connectivity index (χ0v) is 16.5. The highest BCUT2D eigenvalue weighted by Gasteiger charge is 2.21. The molecule has 0 saturated carbocycles. The van der Waals surface area contributed by atoms with Crippen molar-refractivity contribution in [3.8, 4) is 5.75 Å². The highest BCUT2D eigenvalue weighted by molar-refractivity contribution is 7.90. The fourth-order valence-corrected chi connectivity index (χ4v) is 3.26. The number of carbonyl (C=O) groups excluding carboxylic acids is 1. The number of pyridine rings is 1. The highest BCUT2D eigenvalue weighted by atomic mass is 32.2. The summed E-state index contributed by atoms with van der Waals surface area (Å²) >= 11 is 0. The highest BCUT2D eigenvalue weighted by Crippen LogP contribution is 2.26. The van der Waals surface area contributed by atoms with E-state index in [0.29, 0.717) is 5.75 Å². The van der Waals surface area contributed by atoms with Crippen LogP contribution >= 0.6 is 0 Å². The summed E-state index contributed by atoms with van der Waals surface area (Å²) in [4.78, 5) is 20.3. The summed E-state index contributed by atoms with van der Waals surface area (Å²) in [7, 11) is -1.98. The van der Waals surface area contributed by atoms with E-state index >= 15 is 0 Å². The van der Waals surface area contributed by atoms with Crippen LogP contribution in [0.25, 0.3) is 0 Å². The topological polar surface area (TPSA) is 124 Å². The minimum Gasteiger partial charge on any atom is -0.495 e. The number of anilines is 1. The fraction of sp³-hybridized carbons (Fsp3) is 0.278. The minimum absolute atomic E-state index is 0.00992. The van der Waals surface area contributed by atoms with Gasteiger partial charge in [-0.15, -0.1) is 0 Å². The number of methoxy groups -OCH3 is 1. The lowest BCUT2D eigenvalue weighted by atomic mass is 10.1. The number of sulfone groups is 1. The largest absolute Gasteiger partial charge is 0.495 e. The molecular weight excluding hydrogens is 387 g/mol. The number of carbonyl (C=O) groups is 1. The molecule has 150 valence electrons. The average Bonchev–Trinajstić information content (AvgIpc) is 2.61. The Balaban J connectivity index is 2.32. The maximum absolute atomic E-state index is 14.3. The zero-order valence-electron chi connectivity index (χ0n) is 15.6. The molecule has 1 aromatic carbocycles. The van der Waals surface area contributed by atoms with Gasteiger partial charge in [0, 0.05) is 17.5 Å². The lowest BCUT2D eigenvalue weighted by Gasteiger charge is -2.15. The standard InChI is InChI=1S/C18H21FN4O4S/c1-11(20)22-17(10-28(3,25)26)14-8-12(4-6-15(14)19)23-18(24)16-7-5-13(27-2)9-21-16/h4-9,17H,10H2,1-3H3,(H2,20,22)(H,23,24). The molecule has 2 rings (SSSR count). The van der Waals surface area contributed by atoms with Gasteiger partial charge in [0.05, 0.1) is 30.9 Å². The number of amidine groups is 1. The first-order valence-corrected chi connectivity index (χ1v) is 10.2. The SMILES string of the molecule is COc1ccc(C(=O)Nc2ccc(F)c(C(CS(C)(=O)=O)N=C(C)N)c2)nc1. The second-order valence-corrected chi connectivity index (χ2v) is 8.34. The van der Waals surface area contributed by atoms with Gasteiger partial charge in [0.15, 0.2) is 0 Å². The third kappa shape index (κ3) is 6.02. The number of hydrogen-bond donors (Lipinski definition) is 2. The van der Waals surface area contributed by atoms with Crippen molar-refractivity contribution in [2.75, 3.05) is 24.4 Å². The molecule has 0 saturated heterocycles. The molecule has 1 unspecified atom stereocenters. The molecule has 0 spiro atoms. The molecule has 1 aromatic heterocycles. The van der Waals surface area contributed by atoms with Gasteiger partial charge >= 0.3 is 0 Å². The van der Waals surface area contributed by atoms with Crippen molar-refractivity contribution in [2.24, 2.45) is 10.7 Å². The van der Waals surface area contributed by atoms with Crippen LogP contribution in [0, 0.1) is 5.82 Å². The van der Waals surface area contributed by atoms with E-state index in [0.717, 1.165) is 12.3 Å². The summed E-state index contributed by atoms with van der Waals surface area (Å²) in [6.07, 6.45) is 2.42. The number of amides is 1. The van der Waals surface area contributed by atoms with Crippen molar-refractivity contribution in [1.29, 1.82) is 0 Å². The van der Waals surface area contributed by atoms with Crippen molar-refractivity contribution < 1.29 is 22.3 Å². The van der Waals surface area contributed by atoms with Gasteiger partial charge in [0.25, 0.3) is 5.91 Å². The molecule has 10 heteroatoms. The Kier molecular flexibility index (Phi) is 6.68. The number of nitrogens with zero attached hydrogens (tertiary/aromatic N) is 2. The van der Waals surface area contributed by atoms with Crippen molar-refractivity contribution in [1.82, 2.24) is 4.98 Å². The number of hydrogen-bond acceptors (Lipinski definition) is 6. The van der Waals surface area contributed by atoms with Crippen molar-refractivity contribution in [2.45, 2.75) is 13.0 Å². The van der Waals surface area contributed by atoms with E-state index in [1.54, 1.807) is 6.07 Å². The van der Waals surface area contributed by atoms with Gasteiger partial charge < -0.3 is 15.8 Å². The van der Waals surface area contributed by atoms with Crippen LogP contribution in [0.3, 0.4) is 0 Å². The minimum atomic E-state index is -3.46. The fourth-order valence-electron chi connectivity index (χ4n) is 2.44. The first-order chi connectivity index (χ1) is 13.1. The first kappa shape index (κ1) is 21.3. The van der Waals surface area contributed by atoms with Crippen LogP contribution in [0.1, 0.15) is 29.0 Å². The van der Waals surface area contributed by atoms with Gasteiger partial charge in [0.2, 0.25) is 0 Å². The summed E-state index contributed by atoms with van der Waals surface area (Å²) < 4.78 is 42.7. The van der Waals surface area contributed by atoms with E-state index < -0.39 is 33.4 Å². The quantitative estimate of drug-likeness (QED) is 0.533. The molecule has 0 radical (unpaired) electrons. The van der Waals surface area contributed by atoms with E-state index in [1.165, 1.54) is 38.4 Å². The summed E-state index contributed by atoms with van der Waals surface area (Å²) in [6, 6.07) is 5.85. The molecule has 3 N–H and O–H groups in total. The monoisotopic (exact) mass is 408 g/mol. The van der Waals surface area contributed by atoms with E-state index in [2.05, 4.69) is 15.3 Å². The number of halogens is 1. The Labute approximate surface area is 162 Å². The van der Waals surface area contributed by atoms with Crippen LogP contribution in [0.5, 0.6) is 5.75 Å². The molecule has 0 fully saturated rings. The number of aliphatic imine (C=N–C) groups is 1. The van der Waals surface area contributed by atoms with E-state index in [-0.39, 0.29) is 22.8 Å². The third-order valence-electron chi connectivity index (χ3n) is 3.64. The molecule has 1 atom stereocenters. The molecule has 2 aromatic rings. The average molecular weight is 408 g/mol. The van der Waals surface area contributed by atoms with Crippen LogP contribution in [0.4, 0.5) is 10.1 Å². The van der Waals surface area contributed by atoms with Gasteiger partial charge in [-0.1, -0.05) is 0 Å². The number of rotatable bonds is 7. The maximum atomic E-state index is 14.3. The summed E-state index contributed by atoms with van der Waals surface area (Å²) in [5.74, 6) is -0.975. The summed E-state index contributed by atoms with van der Waals surface area (Å²) in [5.41, 5.74) is 5.97. The summed E-state index contributed by atoms with van der Waals surface area (Å²) in [6.45, 7) is 1.48. The molecule has 0 aliphatic rings. The van der Waals surface area contributed by atoms with Crippen molar-refractivity contribution >= 4 is 27.3 Å². The first-order valence-electron chi connectivity index (χ1n) is 8.17. The van der Waals surface area contributed by atoms with Crippen molar-refractivity contribution in [3.63, 3.8) is 0 Å². The summed E-state index contributed by atoms with van der Waals surface area (Å²) in [5, 5.41) is 2.60. The van der Waals surface area contributed by atoms with E-state index in [9.17, 15) is 17.6 Å². The lowest BCUT2D eigenvalue weighted by Crippen LogP contribution is -2.18. The van der Waals surface area contributed by atoms with Gasteiger partial charge in [0.1, 0.15) is 27.1 Å². The predicted octanol–water partition coefficient (Wildman–Crippen LogP) is 1.94. The van der Waals surface area contributed by atoms with Gasteiger partial charge in [-0.2, -0.15) is 0 Å². The molecule has 8 nitrogen and oxygen atoms in total. The zero-order chi connectivity index (χ0) is 20.9. The molecule has 0 aliphatic heterocycles. The predicted molar refractivity (Wildman–Crippen MR) is 105 cm³/mol. The Morgan fingerprint density at radius 1 is 1.36 bits per heavy atom. The Bertz CT molecular complexity index is 987. The lowest BCUT2D eigenvalue weighted by molar-refractivity contribution is 0.102. The smallest absolute Gasteiger partial charge is 0.274 e. The van der Waals surface area contributed by atoms with Crippen LogP contribution in [0.2, 0.25) is 0 Å². The molecule has 1 heterocycles. The third-order valence-corrected chi connectivity index (χ3v) is 4.56. The van der Waals surface area contributed by atoms with Crippen LogP contribution in [-0.4, -0.2) is 44.3 Å². The van der Waals surface area contributed by atoms with E-state index in [4.69, 9.17) is 10.5 Å². The van der Waals surface area contributed by atoms with Gasteiger partial charge in [-0.25, -0.2) is 17.8 Å². The Morgan fingerprint density at radius 3 is 2.61 bits per heavy atom. The number of nitrogens with two attached hydrogens (primary N) is 1. The maximum Gasteiger partial charge on any atom is 0.274 e. The second kappa shape index (κ2) is 8.79. The van der Waals surface area contributed by atoms with Crippen LogP contribution < -0.4 is 15.8 Å². The Morgan fingerprint density at radius 2 is 2.07 bits per heavy atom. The van der Waals surface area contributed by atoms with Crippen molar-refractivity contribution in [3.05, 3.63) is 53.6 Å². The molecule has 1 amide bonds. The number of aromatic nitrogens is 1. The van der Waals surface area contributed by atoms with Gasteiger partial charge in [-0.05, 0) is 37.3 Å². The number of ether oxygens (including phenoxy) is 1. The molecule has 28 heavy (non-hydrogen) atoms. The molecule has 0 bridgehead atoms. The Hall–Kier alpha value is -3.01. The normalized spacial score (nSPS) is 13.1. The van der Waals surface area contributed by atoms with E-state index in [1.807, 2.05) is 0 Å². The molecular formula is C18H21FN4O4S. The van der Waals surface area contributed by atoms with Crippen LogP contribution in [0.15, 0.2) is 41.5 Å². The number of benzene rings is 1. The van der Waals surface area contributed by atoms with Gasteiger partial charge in [-0.3, -0.25) is 9.79 Å². The molecule has 0 aliphatic carbocycles. The number of nitrogens with one attached hydrogen (secondary N) is 1.